The van der Waals surface area contributed by atoms with E-state index in [4.69, 9.17) is 4.98 Å². The maximum atomic E-state index is 4.76. The normalized spacial score (nSPS) is 10.6. The minimum atomic E-state index is 0. The van der Waals surface area contributed by atoms with E-state index in [1.54, 1.807) is 6.20 Å². The summed E-state index contributed by atoms with van der Waals surface area (Å²) in [5.41, 5.74) is 12.9. The van der Waals surface area contributed by atoms with Crippen LogP contribution in [0.4, 0.5) is 0 Å². The summed E-state index contributed by atoms with van der Waals surface area (Å²) in [6, 6.07) is 47.4. The van der Waals surface area contributed by atoms with Crippen molar-refractivity contribution in [2.45, 2.75) is 13.8 Å². The van der Waals surface area contributed by atoms with Crippen LogP contribution in [0.25, 0.3) is 66.6 Å². The number of rotatable bonds is 4. The first-order valence-electron chi connectivity index (χ1n) is 15.2. The van der Waals surface area contributed by atoms with Gasteiger partial charge in [0.1, 0.15) is 0 Å². The molecule has 8 rings (SSSR count). The number of pyridine rings is 4. The van der Waals surface area contributed by atoms with Crippen molar-refractivity contribution < 1.29 is 20.1 Å². The smallest absolute Gasteiger partial charge is 0.0787 e. The Balaban J connectivity index is 0.000000250. The predicted molar refractivity (Wildman–Crippen MR) is 188 cm³/mol. The number of aryl methyl sites for hydroxylation is 2. The number of fused-ring (bicyclic) bond motifs is 3. The van der Waals surface area contributed by atoms with Gasteiger partial charge in [-0.05, 0) is 71.4 Å². The van der Waals surface area contributed by atoms with Gasteiger partial charge in [-0.1, -0.05) is 61.0 Å². The Morgan fingerprint density at radius 3 is 1.89 bits per heavy atom. The maximum absolute atomic E-state index is 4.76. The zero-order chi connectivity index (χ0) is 31.3. The average molecular weight is 783 g/mol. The second-order valence-electron chi connectivity index (χ2n) is 11.1. The molecule has 0 saturated carbocycles. The minimum absolute atomic E-state index is 0. The molecule has 4 aromatic heterocycles. The molecule has 229 valence electrons. The molecule has 0 saturated heterocycles. The molecule has 8 aromatic rings. The first kappa shape index (κ1) is 31.6. The van der Waals surface area contributed by atoms with Crippen LogP contribution in [0.1, 0.15) is 11.1 Å². The second kappa shape index (κ2) is 14.4. The molecule has 0 aliphatic rings. The van der Waals surface area contributed by atoms with Crippen molar-refractivity contribution in [3.63, 3.8) is 0 Å². The Hall–Kier alpha value is -5.35. The van der Waals surface area contributed by atoms with Gasteiger partial charge < -0.3 is 9.97 Å². The van der Waals surface area contributed by atoms with Crippen LogP contribution in [0.2, 0.25) is 0 Å². The molecule has 0 aliphatic carbocycles. The summed E-state index contributed by atoms with van der Waals surface area (Å²) in [5.74, 6) is 0. The van der Waals surface area contributed by atoms with E-state index in [9.17, 15) is 0 Å². The third-order valence-corrected chi connectivity index (χ3v) is 8.06. The fourth-order valence-corrected chi connectivity index (χ4v) is 5.70. The van der Waals surface area contributed by atoms with Crippen molar-refractivity contribution in [2.75, 3.05) is 0 Å². The molecule has 0 spiro atoms. The molecule has 0 N–H and O–H groups in total. The van der Waals surface area contributed by atoms with Crippen molar-refractivity contribution in [1.29, 1.82) is 0 Å². The third-order valence-electron chi connectivity index (χ3n) is 8.06. The summed E-state index contributed by atoms with van der Waals surface area (Å²) in [7, 11) is 0. The summed E-state index contributed by atoms with van der Waals surface area (Å²) >= 11 is 0. The monoisotopic (exact) mass is 783 g/mol. The van der Waals surface area contributed by atoms with Gasteiger partial charge >= 0.3 is 0 Å². The largest absolute Gasteiger partial charge is 0.305 e. The van der Waals surface area contributed by atoms with Crippen LogP contribution in [0.15, 0.2) is 146 Å². The van der Waals surface area contributed by atoms with E-state index in [0.29, 0.717) is 0 Å². The third kappa shape index (κ3) is 6.78. The number of nitrogens with zero attached hydrogens (tertiary/aromatic N) is 4. The Kier molecular flexibility index (Phi) is 9.68. The van der Waals surface area contributed by atoms with Crippen molar-refractivity contribution in [3.8, 4) is 44.8 Å². The first-order valence-corrected chi connectivity index (χ1v) is 15.2. The van der Waals surface area contributed by atoms with Gasteiger partial charge in [0.2, 0.25) is 0 Å². The minimum Gasteiger partial charge on any atom is -0.305 e. The van der Waals surface area contributed by atoms with Gasteiger partial charge in [0.05, 0.1) is 11.0 Å². The van der Waals surface area contributed by atoms with Crippen LogP contribution in [-0.4, -0.2) is 19.9 Å². The van der Waals surface area contributed by atoms with Crippen molar-refractivity contribution in [1.82, 2.24) is 19.9 Å². The Labute approximate surface area is 288 Å². The quantitative estimate of drug-likeness (QED) is 0.132. The molecule has 4 nitrogen and oxygen atoms in total. The number of hydrogen-bond donors (Lipinski definition) is 0. The van der Waals surface area contributed by atoms with Gasteiger partial charge in [0.25, 0.3) is 0 Å². The summed E-state index contributed by atoms with van der Waals surface area (Å²) < 4.78 is 0. The molecule has 47 heavy (non-hydrogen) atoms. The molecule has 0 bridgehead atoms. The molecule has 4 heterocycles. The van der Waals surface area contributed by atoms with E-state index in [2.05, 4.69) is 89.5 Å². The van der Waals surface area contributed by atoms with Crippen LogP contribution in [0, 0.1) is 26.0 Å². The fraction of sp³-hybridized carbons (Fsp3) is 0.0476. The Morgan fingerprint density at radius 2 is 1.17 bits per heavy atom. The summed E-state index contributed by atoms with van der Waals surface area (Å²) in [4.78, 5) is 18.1. The van der Waals surface area contributed by atoms with Gasteiger partial charge in [-0.25, -0.2) is 0 Å². The number of hydrogen-bond acceptors (Lipinski definition) is 4. The zero-order valence-corrected chi connectivity index (χ0v) is 28.4. The van der Waals surface area contributed by atoms with Crippen molar-refractivity contribution in [2.24, 2.45) is 0 Å². The van der Waals surface area contributed by atoms with Crippen LogP contribution in [0.3, 0.4) is 0 Å². The standard InChI is InChI=1S/C31H22N3.C11H8N.Ir/c1-20-10-12-22(28-19-30-24(7-5-15-33-30)25-8-6-16-34-31(25)28)17-26(20)27-18-23(13-11-21(27)2)29-9-3-4-14-32-29;1-2-6-10(7-3-1)11-8-4-5-9-12-11;/h3-12,14-19H,1-2H3;1-6,8-9H;/q2*-1;. The van der Waals surface area contributed by atoms with Gasteiger partial charge in [-0.2, -0.15) is 0 Å². The van der Waals surface area contributed by atoms with E-state index in [-0.39, 0.29) is 20.1 Å². The molecule has 0 amide bonds. The van der Waals surface area contributed by atoms with Gasteiger partial charge in [-0.3, -0.25) is 9.97 Å². The fourth-order valence-electron chi connectivity index (χ4n) is 5.70. The second-order valence-corrected chi connectivity index (χ2v) is 11.1. The first-order chi connectivity index (χ1) is 22.7. The molecule has 4 aromatic carbocycles. The average Bonchev–Trinajstić information content (AvgIpc) is 3.13. The molecular weight excluding hydrogens is 753 g/mol. The molecule has 0 atom stereocenters. The molecule has 0 aliphatic heterocycles. The van der Waals surface area contributed by atoms with Crippen LogP contribution in [-0.2, 0) is 20.1 Å². The van der Waals surface area contributed by atoms with Crippen LogP contribution in [0.5, 0.6) is 0 Å². The Bertz CT molecular complexity index is 2230. The number of benzene rings is 4. The molecular formula is C42H30IrN4-2. The van der Waals surface area contributed by atoms with Gasteiger partial charge in [0.15, 0.2) is 0 Å². The molecule has 0 unspecified atom stereocenters. The maximum Gasteiger partial charge on any atom is 0.0787 e. The van der Waals surface area contributed by atoms with E-state index in [1.165, 1.54) is 22.3 Å². The summed E-state index contributed by atoms with van der Waals surface area (Å²) in [6.07, 6.45) is 7.31. The van der Waals surface area contributed by atoms with E-state index >= 15 is 0 Å². The summed E-state index contributed by atoms with van der Waals surface area (Å²) in [5, 5.41) is 2.24. The van der Waals surface area contributed by atoms with Crippen molar-refractivity contribution >= 4 is 21.8 Å². The van der Waals surface area contributed by atoms with Crippen LogP contribution < -0.4 is 0 Å². The molecule has 1 radical (unpaired) electrons. The predicted octanol–water partition coefficient (Wildman–Crippen LogP) is 10.1. The zero-order valence-electron chi connectivity index (χ0n) is 26.0. The van der Waals surface area contributed by atoms with Gasteiger partial charge in [-0.15, -0.1) is 65.2 Å². The van der Waals surface area contributed by atoms with Crippen molar-refractivity contribution in [3.05, 3.63) is 169 Å². The molecule has 0 fully saturated rings. The van der Waals surface area contributed by atoms with Crippen LogP contribution >= 0.6 is 0 Å². The van der Waals surface area contributed by atoms with E-state index in [0.717, 1.165) is 55.4 Å². The van der Waals surface area contributed by atoms with E-state index in [1.807, 2.05) is 91.4 Å². The molecule has 5 heteroatoms. The Morgan fingerprint density at radius 1 is 0.489 bits per heavy atom. The number of aromatic nitrogens is 4. The SMILES string of the molecule is Cc1c[c-]c(-c2ccccn2)cc1-c1cc(-c2cc3ncccc3c3cccnc23)ccc1C.[Ir].[c-]1ccccc1-c1ccccn1. The van der Waals surface area contributed by atoms with Gasteiger partial charge in [0, 0.05) is 61.2 Å². The topological polar surface area (TPSA) is 51.6 Å². The summed E-state index contributed by atoms with van der Waals surface area (Å²) in [6.45, 7) is 4.30. The van der Waals surface area contributed by atoms with E-state index < -0.39 is 0 Å².